The van der Waals surface area contributed by atoms with Gasteiger partial charge in [-0.2, -0.15) is 0 Å². The third kappa shape index (κ3) is 7.89. The van der Waals surface area contributed by atoms with Crippen LogP contribution in [0.1, 0.15) is 35.6 Å². The number of imide groups is 2. The number of carbonyl (C=O) groups is 3. The number of anilines is 3. The van der Waals surface area contributed by atoms with Gasteiger partial charge in [0.1, 0.15) is 24.5 Å². The number of barbiturate groups is 1. The van der Waals surface area contributed by atoms with Crippen LogP contribution in [0.3, 0.4) is 0 Å². The summed E-state index contributed by atoms with van der Waals surface area (Å²) >= 11 is 0. The zero-order chi connectivity index (χ0) is 32.7. The number of likely N-dealkylation sites (N-methyl/N-ethyl adjacent to an activating group) is 1. The van der Waals surface area contributed by atoms with Gasteiger partial charge >= 0.3 is 6.03 Å². The van der Waals surface area contributed by atoms with Crippen molar-refractivity contribution in [2.75, 3.05) is 35.5 Å². The molecule has 0 aromatic heterocycles. The molecule has 1 heterocycles. The minimum absolute atomic E-state index is 0.282. The highest BCUT2D eigenvalue weighted by Gasteiger charge is 2.40. The molecule has 0 spiro atoms. The quantitative estimate of drug-likeness (QED) is 0.194. The maximum atomic E-state index is 12.8. The van der Waals surface area contributed by atoms with E-state index in [1.54, 1.807) is 43.5 Å². The summed E-state index contributed by atoms with van der Waals surface area (Å²) in [5.41, 5.74) is 6.58. The first-order valence-corrected chi connectivity index (χ1v) is 14.9. The van der Waals surface area contributed by atoms with Gasteiger partial charge in [0.2, 0.25) is 11.8 Å². The molecule has 45 heavy (non-hydrogen) atoms. The number of hydrogen-bond donors (Lipinski definition) is 0. The SMILES string of the molecule is COc1ccc(OCC(C)N(C)c2ccc(C)c(C)c2)cc1.Cc1ccc(C)c(N2C(=O)CC(=O)N(c3ccccc3)C2=O)c1. The van der Waals surface area contributed by atoms with E-state index in [4.69, 9.17) is 9.47 Å². The monoisotopic (exact) mass is 607 g/mol. The summed E-state index contributed by atoms with van der Waals surface area (Å²) in [6.45, 7) is 10.8. The molecule has 0 aliphatic carbocycles. The van der Waals surface area contributed by atoms with Gasteiger partial charge in [-0.25, -0.2) is 14.6 Å². The zero-order valence-corrected chi connectivity index (χ0v) is 27.0. The molecule has 4 aromatic rings. The van der Waals surface area contributed by atoms with Crippen molar-refractivity contribution in [3.63, 3.8) is 0 Å². The Kier molecular flexibility index (Phi) is 10.6. The van der Waals surface area contributed by atoms with E-state index < -0.39 is 17.8 Å². The van der Waals surface area contributed by atoms with E-state index in [1.807, 2.05) is 50.2 Å². The van der Waals surface area contributed by atoms with Crippen LogP contribution in [0.4, 0.5) is 21.9 Å². The highest BCUT2D eigenvalue weighted by molar-refractivity contribution is 6.35. The van der Waals surface area contributed by atoms with Crippen LogP contribution in [-0.2, 0) is 9.59 Å². The third-order valence-electron chi connectivity index (χ3n) is 7.91. The van der Waals surface area contributed by atoms with Crippen molar-refractivity contribution >= 4 is 34.9 Å². The molecule has 234 valence electrons. The summed E-state index contributed by atoms with van der Waals surface area (Å²) in [5.74, 6) is 0.697. The first kappa shape index (κ1) is 32.8. The lowest BCUT2D eigenvalue weighted by molar-refractivity contribution is -0.126. The number of methoxy groups -OCH3 is 1. The molecule has 5 rings (SSSR count). The molecule has 8 nitrogen and oxygen atoms in total. The number of carbonyl (C=O) groups excluding carboxylic acids is 3. The first-order chi connectivity index (χ1) is 21.5. The maximum Gasteiger partial charge on any atom is 0.342 e. The van der Waals surface area contributed by atoms with Crippen LogP contribution >= 0.6 is 0 Å². The summed E-state index contributed by atoms with van der Waals surface area (Å²) in [4.78, 5) is 41.7. The Labute approximate surface area is 265 Å². The lowest BCUT2D eigenvalue weighted by Crippen LogP contribution is -2.55. The number of ether oxygens (including phenoxy) is 2. The molecule has 1 unspecified atom stereocenters. The van der Waals surface area contributed by atoms with Gasteiger partial charge in [-0.1, -0.05) is 36.4 Å². The third-order valence-corrected chi connectivity index (χ3v) is 7.91. The number of amides is 4. The molecule has 8 heteroatoms. The molecule has 0 radical (unpaired) electrons. The second-order valence-electron chi connectivity index (χ2n) is 11.3. The molecule has 4 aromatic carbocycles. The minimum atomic E-state index is -0.633. The van der Waals surface area contributed by atoms with Gasteiger partial charge in [-0.3, -0.25) is 9.59 Å². The molecule has 1 fully saturated rings. The van der Waals surface area contributed by atoms with Crippen LogP contribution in [0, 0.1) is 27.7 Å². The number of para-hydroxylation sites is 1. The molecule has 1 saturated heterocycles. The molecular formula is C37H41N3O5. The highest BCUT2D eigenvalue weighted by Crippen LogP contribution is 2.29. The van der Waals surface area contributed by atoms with Crippen LogP contribution in [0.25, 0.3) is 0 Å². The second-order valence-corrected chi connectivity index (χ2v) is 11.3. The Morgan fingerprint density at radius 2 is 1.36 bits per heavy atom. The lowest BCUT2D eigenvalue weighted by atomic mass is 10.1. The highest BCUT2D eigenvalue weighted by atomic mass is 16.5. The first-order valence-electron chi connectivity index (χ1n) is 14.9. The van der Waals surface area contributed by atoms with Crippen molar-refractivity contribution in [3.05, 3.63) is 113 Å². The molecule has 0 saturated carbocycles. The standard InChI is InChI=1S/C19H25NO2.C18H16N2O3/c1-14-6-7-17(12-15(14)2)20(4)16(3)13-22-19-10-8-18(21-5)9-11-19;1-12-8-9-13(2)15(10-12)20-17(22)11-16(21)19(18(20)23)14-6-4-3-5-7-14/h6-12,16H,13H2,1-5H3;3-10H,11H2,1-2H3. The van der Waals surface area contributed by atoms with Crippen LogP contribution in [0.5, 0.6) is 11.5 Å². The van der Waals surface area contributed by atoms with E-state index in [0.29, 0.717) is 18.0 Å². The fraction of sp³-hybridized carbons (Fsp3) is 0.270. The Bertz CT molecular complexity index is 1650. The Morgan fingerprint density at radius 1 is 0.733 bits per heavy atom. The fourth-order valence-corrected chi connectivity index (χ4v) is 4.83. The summed E-state index contributed by atoms with van der Waals surface area (Å²) in [6.07, 6.45) is -0.325. The number of benzene rings is 4. The molecule has 4 amide bonds. The van der Waals surface area contributed by atoms with Gasteiger partial charge < -0.3 is 14.4 Å². The largest absolute Gasteiger partial charge is 0.497 e. The van der Waals surface area contributed by atoms with E-state index in [1.165, 1.54) is 16.8 Å². The smallest absolute Gasteiger partial charge is 0.342 e. The van der Waals surface area contributed by atoms with Crippen LogP contribution in [0.2, 0.25) is 0 Å². The summed E-state index contributed by atoms with van der Waals surface area (Å²) in [6, 6.07) is 28.1. The van der Waals surface area contributed by atoms with Gasteiger partial charge in [0.25, 0.3) is 0 Å². The normalized spacial score (nSPS) is 13.6. The molecule has 1 aliphatic rings. The topological polar surface area (TPSA) is 79.4 Å². The van der Waals surface area contributed by atoms with Crippen molar-refractivity contribution in [2.24, 2.45) is 0 Å². The van der Waals surface area contributed by atoms with E-state index >= 15 is 0 Å². The molecule has 0 bridgehead atoms. The van der Waals surface area contributed by atoms with Crippen molar-refractivity contribution < 1.29 is 23.9 Å². The molecular weight excluding hydrogens is 566 g/mol. The average molecular weight is 608 g/mol. The zero-order valence-electron chi connectivity index (χ0n) is 27.0. The van der Waals surface area contributed by atoms with Crippen molar-refractivity contribution in [1.29, 1.82) is 0 Å². The maximum absolute atomic E-state index is 12.8. The van der Waals surface area contributed by atoms with E-state index in [9.17, 15) is 14.4 Å². The summed E-state index contributed by atoms with van der Waals surface area (Å²) in [7, 11) is 3.77. The lowest BCUT2D eigenvalue weighted by Gasteiger charge is -2.33. The Balaban J connectivity index is 0.000000205. The summed E-state index contributed by atoms with van der Waals surface area (Å²) in [5, 5.41) is 0. The van der Waals surface area contributed by atoms with Gasteiger partial charge in [-0.05, 0) is 111 Å². The molecule has 1 atom stereocenters. The van der Waals surface area contributed by atoms with Crippen molar-refractivity contribution in [2.45, 2.75) is 47.1 Å². The predicted octanol–water partition coefficient (Wildman–Crippen LogP) is 7.41. The number of hydrogen-bond acceptors (Lipinski definition) is 6. The van der Waals surface area contributed by atoms with E-state index in [0.717, 1.165) is 32.4 Å². The van der Waals surface area contributed by atoms with Crippen LogP contribution in [0.15, 0.2) is 91.0 Å². The fourth-order valence-electron chi connectivity index (χ4n) is 4.83. The number of rotatable bonds is 8. The Morgan fingerprint density at radius 3 is 2.00 bits per heavy atom. The van der Waals surface area contributed by atoms with Crippen molar-refractivity contribution in [3.8, 4) is 11.5 Å². The van der Waals surface area contributed by atoms with E-state index in [-0.39, 0.29) is 12.5 Å². The Hall–Kier alpha value is -5.11. The number of urea groups is 1. The number of nitrogens with zero attached hydrogens (tertiary/aromatic N) is 3. The second kappa shape index (κ2) is 14.6. The van der Waals surface area contributed by atoms with Crippen LogP contribution in [-0.4, -0.2) is 44.7 Å². The number of aryl methyl sites for hydroxylation is 4. The predicted molar refractivity (Wildman–Crippen MR) is 180 cm³/mol. The van der Waals surface area contributed by atoms with Crippen molar-refractivity contribution in [1.82, 2.24) is 0 Å². The van der Waals surface area contributed by atoms with E-state index in [2.05, 4.69) is 50.9 Å². The molecule has 0 N–H and O–H groups in total. The minimum Gasteiger partial charge on any atom is -0.497 e. The summed E-state index contributed by atoms with van der Waals surface area (Å²) < 4.78 is 11.0. The van der Waals surface area contributed by atoms with Gasteiger partial charge in [0, 0.05) is 12.7 Å². The van der Waals surface area contributed by atoms with Gasteiger partial charge in [-0.15, -0.1) is 0 Å². The van der Waals surface area contributed by atoms with Gasteiger partial charge in [0.15, 0.2) is 0 Å². The van der Waals surface area contributed by atoms with Gasteiger partial charge in [0.05, 0.1) is 24.5 Å². The van der Waals surface area contributed by atoms with Crippen LogP contribution < -0.4 is 24.2 Å². The average Bonchev–Trinajstić information content (AvgIpc) is 3.03. The molecule has 1 aliphatic heterocycles.